The number of nitriles is 1. The highest BCUT2D eigenvalue weighted by atomic mass is 19.4. The largest absolute Gasteiger partial charge is 0.504 e. The predicted molar refractivity (Wildman–Crippen MR) is 144 cm³/mol. The number of halogens is 3. The fourth-order valence-electron chi connectivity index (χ4n) is 8.12. The highest BCUT2D eigenvalue weighted by Crippen LogP contribution is 2.66. The van der Waals surface area contributed by atoms with Crippen molar-refractivity contribution in [3.8, 4) is 29.4 Å². The topological polar surface area (TPSA) is 97.0 Å². The molecule has 2 aromatic rings. The van der Waals surface area contributed by atoms with Gasteiger partial charge in [-0.3, -0.25) is 9.69 Å². The van der Waals surface area contributed by atoms with Crippen molar-refractivity contribution in [2.75, 3.05) is 13.6 Å². The number of aromatic hydroxyl groups is 1. The molecule has 7 rings (SSSR count). The van der Waals surface area contributed by atoms with E-state index in [4.69, 9.17) is 4.74 Å². The SMILES string of the molecule is CN(C(=O)C#Cc1ccc(C(F)(F)F)cc1)[C@@H]1CC[C@@]2(O)[C@H]3Cc4ccc(O)c5c4[C@@]2(CC(C#N)N3CC2CC2)[C@H]1O5. The van der Waals surface area contributed by atoms with E-state index in [1.54, 1.807) is 13.1 Å². The first-order valence-electron chi connectivity index (χ1n) is 14.3. The Kier molecular flexibility index (Phi) is 5.90. The number of aliphatic hydroxyl groups is 1. The van der Waals surface area contributed by atoms with E-state index in [2.05, 4.69) is 22.8 Å². The van der Waals surface area contributed by atoms with Crippen molar-refractivity contribution in [1.82, 2.24) is 9.80 Å². The molecule has 10 heteroatoms. The molecule has 0 aromatic heterocycles. The van der Waals surface area contributed by atoms with E-state index in [-0.39, 0.29) is 17.4 Å². The van der Waals surface area contributed by atoms with Gasteiger partial charge in [0.05, 0.1) is 34.7 Å². The first-order chi connectivity index (χ1) is 20.0. The van der Waals surface area contributed by atoms with Gasteiger partial charge in [0.25, 0.3) is 5.91 Å². The minimum absolute atomic E-state index is 0.0398. The van der Waals surface area contributed by atoms with Crippen molar-refractivity contribution in [3.63, 3.8) is 0 Å². The highest BCUT2D eigenvalue weighted by molar-refractivity contribution is 5.94. The molecule has 2 aliphatic heterocycles. The molecule has 1 amide bonds. The first-order valence-corrected chi connectivity index (χ1v) is 14.3. The molecule has 5 aliphatic rings. The van der Waals surface area contributed by atoms with Crippen LogP contribution in [-0.4, -0.2) is 69.3 Å². The number of amides is 1. The van der Waals surface area contributed by atoms with Gasteiger partial charge in [-0.15, -0.1) is 0 Å². The Morgan fingerprint density at radius 2 is 1.93 bits per heavy atom. The summed E-state index contributed by atoms with van der Waals surface area (Å²) in [6.45, 7) is 0.758. The van der Waals surface area contributed by atoms with Gasteiger partial charge in [-0.2, -0.15) is 18.4 Å². The Morgan fingerprint density at radius 3 is 2.60 bits per heavy atom. The second kappa shape index (κ2) is 9.13. The summed E-state index contributed by atoms with van der Waals surface area (Å²) in [5, 5.41) is 33.8. The number of likely N-dealkylation sites (tertiary alicyclic amines) is 1. The van der Waals surface area contributed by atoms with Crippen LogP contribution in [-0.2, 0) is 22.8 Å². The number of hydrogen-bond donors (Lipinski definition) is 2. The molecule has 1 unspecified atom stereocenters. The molecule has 218 valence electrons. The minimum Gasteiger partial charge on any atom is -0.504 e. The van der Waals surface area contributed by atoms with E-state index >= 15 is 0 Å². The van der Waals surface area contributed by atoms with Crippen molar-refractivity contribution >= 4 is 5.91 Å². The molecule has 2 saturated carbocycles. The monoisotopic (exact) mass is 577 g/mol. The molecule has 3 aliphatic carbocycles. The molecule has 0 radical (unpaired) electrons. The number of ether oxygens (including phenoxy) is 1. The summed E-state index contributed by atoms with van der Waals surface area (Å²) in [5.41, 5.74) is -1.02. The molecule has 3 fully saturated rings. The zero-order chi connectivity index (χ0) is 29.6. The fourth-order valence-corrected chi connectivity index (χ4v) is 8.12. The summed E-state index contributed by atoms with van der Waals surface area (Å²) in [6, 6.07) is 9.00. The lowest BCUT2D eigenvalue weighted by Crippen LogP contribution is -2.79. The van der Waals surface area contributed by atoms with Gasteiger partial charge in [-0.1, -0.05) is 12.0 Å². The molecule has 2 N–H and O–H groups in total. The number of benzene rings is 2. The third kappa shape index (κ3) is 3.78. The maximum atomic E-state index is 13.3. The van der Waals surface area contributed by atoms with Gasteiger partial charge in [0, 0.05) is 36.7 Å². The number of piperidine rings is 1. The summed E-state index contributed by atoms with van der Waals surface area (Å²) in [5.74, 6) is 5.47. The lowest BCUT2D eigenvalue weighted by atomic mass is 9.47. The Bertz CT molecular complexity index is 1570. The predicted octanol–water partition coefficient (Wildman–Crippen LogP) is 3.75. The van der Waals surface area contributed by atoms with E-state index in [1.165, 1.54) is 17.0 Å². The average molecular weight is 578 g/mol. The number of hydrogen-bond acceptors (Lipinski definition) is 6. The second-order valence-corrected chi connectivity index (χ2v) is 12.4. The zero-order valence-electron chi connectivity index (χ0n) is 23.0. The average Bonchev–Trinajstić information content (AvgIpc) is 3.71. The zero-order valence-corrected chi connectivity index (χ0v) is 23.0. The quantitative estimate of drug-likeness (QED) is 0.540. The number of rotatable bonds is 3. The van der Waals surface area contributed by atoms with Gasteiger partial charge >= 0.3 is 6.18 Å². The molecule has 7 nitrogen and oxygen atoms in total. The Labute approximate surface area is 241 Å². The van der Waals surface area contributed by atoms with E-state index in [0.717, 1.165) is 42.6 Å². The Morgan fingerprint density at radius 1 is 1.19 bits per heavy atom. The molecule has 1 saturated heterocycles. The third-order valence-corrected chi connectivity index (χ3v) is 10.3. The Balaban J connectivity index is 1.24. The fraction of sp³-hybridized carbons (Fsp3) is 0.500. The summed E-state index contributed by atoms with van der Waals surface area (Å²) in [4.78, 5) is 17.0. The van der Waals surface area contributed by atoms with E-state index < -0.39 is 46.9 Å². The van der Waals surface area contributed by atoms with E-state index in [1.807, 2.05) is 6.07 Å². The molecule has 2 heterocycles. The maximum absolute atomic E-state index is 13.3. The maximum Gasteiger partial charge on any atom is 0.416 e. The summed E-state index contributed by atoms with van der Waals surface area (Å²) < 4.78 is 45.2. The van der Waals surface area contributed by atoms with Gasteiger partial charge in [-0.05, 0) is 80.3 Å². The third-order valence-electron chi connectivity index (χ3n) is 10.3. The number of phenolic OH excluding ortho intramolecular Hbond substituents is 1. The molecule has 6 atom stereocenters. The number of alkyl halides is 3. The van der Waals surface area contributed by atoms with Crippen molar-refractivity contribution in [1.29, 1.82) is 5.26 Å². The van der Waals surface area contributed by atoms with Crippen LogP contribution in [0.25, 0.3) is 0 Å². The van der Waals surface area contributed by atoms with Crippen LogP contribution < -0.4 is 4.74 Å². The van der Waals surface area contributed by atoms with Crippen LogP contribution in [0.4, 0.5) is 13.2 Å². The van der Waals surface area contributed by atoms with Gasteiger partial charge in [0.15, 0.2) is 11.5 Å². The molecule has 1 spiro atoms. The number of phenols is 1. The number of carbonyl (C=O) groups is 1. The first kappa shape index (κ1) is 27.1. The van der Waals surface area contributed by atoms with Crippen molar-refractivity contribution in [2.45, 2.75) is 79.9 Å². The van der Waals surface area contributed by atoms with Gasteiger partial charge in [0.2, 0.25) is 0 Å². The lowest BCUT2D eigenvalue weighted by Gasteiger charge is -2.65. The summed E-state index contributed by atoms with van der Waals surface area (Å²) in [7, 11) is 1.60. The standard InChI is InChI=1S/C32H30F3N3O4/c1-37(26(40)11-6-18-4-8-21(9-5-18)32(33,34)35)23-12-13-31(41)25-14-20-7-10-24(39)28-27(20)30(31,29(23)42-28)15-22(16-36)38(25)17-19-2-3-19/h4-5,7-10,19,22-23,25,29,39,41H,2-3,12-15,17H2,1H3/t22?,23-,25-,29+,30+,31-/m1/s1. The van der Waals surface area contributed by atoms with Crippen molar-refractivity contribution < 1.29 is 32.9 Å². The molecule has 2 bridgehead atoms. The van der Waals surface area contributed by atoms with Gasteiger partial charge < -0.3 is 19.8 Å². The Hall–Kier alpha value is -3.73. The van der Waals surface area contributed by atoms with Crippen LogP contribution in [0.5, 0.6) is 11.5 Å². The van der Waals surface area contributed by atoms with Crippen LogP contribution in [0.2, 0.25) is 0 Å². The molecular weight excluding hydrogens is 547 g/mol. The number of likely N-dealkylation sites (N-methyl/N-ethyl adjacent to an activating group) is 1. The summed E-state index contributed by atoms with van der Waals surface area (Å²) in [6.07, 6.45) is -1.30. The van der Waals surface area contributed by atoms with Crippen LogP contribution in [0.3, 0.4) is 0 Å². The lowest BCUT2D eigenvalue weighted by molar-refractivity contribution is -0.207. The smallest absolute Gasteiger partial charge is 0.416 e. The van der Waals surface area contributed by atoms with Gasteiger partial charge in [0.1, 0.15) is 6.10 Å². The van der Waals surface area contributed by atoms with Gasteiger partial charge in [-0.25, -0.2) is 0 Å². The minimum atomic E-state index is -4.46. The van der Waals surface area contributed by atoms with Crippen LogP contribution in [0, 0.1) is 29.1 Å². The normalized spacial score (nSPS) is 32.6. The van der Waals surface area contributed by atoms with Crippen molar-refractivity contribution in [2.24, 2.45) is 5.92 Å². The number of carbonyl (C=O) groups excluding carboxylic acids is 1. The van der Waals surface area contributed by atoms with E-state index in [9.17, 15) is 33.4 Å². The van der Waals surface area contributed by atoms with Crippen LogP contribution in [0.1, 0.15) is 54.4 Å². The van der Waals surface area contributed by atoms with Crippen molar-refractivity contribution in [3.05, 3.63) is 58.7 Å². The summed E-state index contributed by atoms with van der Waals surface area (Å²) >= 11 is 0. The number of nitrogens with zero attached hydrogens (tertiary/aromatic N) is 3. The highest BCUT2D eigenvalue weighted by Gasteiger charge is 2.75. The van der Waals surface area contributed by atoms with Crippen LogP contribution in [0.15, 0.2) is 36.4 Å². The molecule has 2 aromatic carbocycles. The molecular formula is C32H30F3N3O4. The molecule has 42 heavy (non-hydrogen) atoms. The second-order valence-electron chi connectivity index (χ2n) is 12.4. The van der Waals surface area contributed by atoms with Crippen LogP contribution >= 0.6 is 0 Å². The van der Waals surface area contributed by atoms with E-state index in [0.29, 0.717) is 37.4 Å².